The molecule has 0 unspecified atom stereocenters. The van der Waals surface area contributed by atoms with E-state index < -0.39 is 0 Å². The molecule has 0 saturated carbocycles. The molecule has 0 fully saturated rings. The van der Waals surface area contributed by atoms with Crippen molar-refractivity contribution in [2.45, 2.75) is 39.3 Å². The van der Waals surface area contributed by atoms with E-state index in [-0.39, 0.29) is 30.4 Å². The van der Waals surface area contributed by atoms with Crippen LogP contribution in [0.4, 0.5) is 9.18 Å². The molecule has 1 aliphatic carbocycles. The number of carbonyl (C=O) groups is 1. The number of urea groups is 1. The Hall–Kier alpha value is -2.44. The zero-order valence-electron chi connectivity index (χ0n) is 13.1. The molecule has 0 spiro atoms. The van der Waals surface area contributed by atoms with Gasteiger partial charge in [0.15, 0.2) is 5.82 Å². The summed E-state index contributed by atoms with van der Waals surface area (Å²) in [4.78, 5) is 16.2. The third-order valence-corrected chi connectivity index (χ3v) is 4.17. The average Bonchev–Trinajstić information content (AvgIpc) is 2.94. The molecule has 2 atom stereocenters. The van der Waals surface area contributed by atoms with Crippen LogP contribution in [0, 0.1) is 18.7 Å². The maximum absolute atomic E-state index is 13.9. The maximum Gasteiger partial charge on any atom is 0.315 e. The summed E-state index contributed by atoms with van der Waals surface area (Å²) in [5.74, 6) is 0.902. The molecule has 0 aliphatic heterocycles. The van der Waals surface area contributed by atoms with Gasteiger partial charge in [0.05, 0.1) is 12.6 Å². The van der Waals surface area contributed by atoms with Crippen molar-refractivity contribution < 1.29 is 13.7 Å². The molecule has 122 valence electrons. The van der Waals surface area contributed by atoms with Crippen LogP contribution in [-0.4, -0.2) is 16.2 Å². The van der Waals surface area contributed by atoms with Crippen molar-refractivity contribution in [2.75, 3.05) is 0 Å². The quantitative estimate of drug-likeness (QED) is 0.912. The number of benzene rings is 1. The largest absolute Gasteiger partial charge is 0.340 e. The van der Waals surface area contributed by atoms with E-state index in [9.17, 15) is 9.18 Å². The van der Waals surface area contributed by atoms with E-state index in [4.69, 9.17) is 4.52 Å². The minimum Gasteiger partial charge on any atom is -0.340 e. The Morgan fingerprint density at radius 1 is 1.48 bits per heavy atom. The first-order valence-electron chi connectivity index (χ1n) is 7.65. The smallest absolute Gasteiger partial charge is 0.315 e. The number of aryl methyl sites for hydroxylation is 1. The topological polar surface area (TPSA) is 80.0 Å². The molecule has 23 heavy (non-hydrogen) atoms. The zero-order chi connectivity index (χ0) is 16.4. The van der Waals surface area contributed by atoms with Gasteiger partial charge < -0.3 is 15.2 Å². The molecule has 1 aromatic carbocycles. The third kappa shape index (κ3) is 3.33. The molecule has 0 bridgehead atoms. The predicted octanol–water partition coefficient (Wildman–Crippen LogP) is 2.64. The van der Waals surface area contributed by atoms with E-state index in [0.29, 0.717) is 23.7 Å². The van der Waals surface area contributed by atoms with Gasteiger partial charge in [0.2, 0.25) is 5.89 Å². The van der Waals surface area contributed by atoms with Crippen LogP contribution < -0.4 is 10.6 Å². The molecule has 0 radical (unpaired) electrons. The number of hydrogen-bond donors (Lipinski definition) is 2. The van der Waals surface area contributed by atoms with Crippen molar-refractivity contribution in [2.24, 2.45) is 5.92 Å². The summed E-state index contributed by atoms with van der Waals surface area (Å²) < 4.78 is 18.8. The molecule has 2 N–H and O–H groups in total. The Balaban J connectivity index is 1.67. The monoisotopic (exact) mass is 318 g/mol. The highest BCUT2D eigenvalue weighted by Crippen LogP contribution is 2.35. The van der Waals surface area contributed by atoms with E-state index in [1.807, 2.05) is 6.07 Å². The van der Waals surface area contributed by atoms with Crippen LogP contribution in [0.1, 0.15) is 42.2 Å². The summed E-state index contributed by atoms with van der Waals surface area (Å²) in [5.41, 5.74) is 1.55. The fourth-order valence-electron chi connectivity index (χ4n) is 2.96. The van der Waals surface area contributed by atoms with Crippen LogP contribution in [0.5, 0.6) is 0 Å². The second-order valence-corrected chi connectivity index (χ2v) is 5.86. The van der Waals surface area contributed by atoms with Crippen LogP contribution in [0.3, 0.4) is 0 Å². The molecule has 3 rings (SSSR count). The van der Waals surface area contributed by atoms with E-state index in [1.165, 1.54) is 6.07 Å². The summed E-state index contributed by atoms with van der Waals surface area (Å²) in [6, 6.07) is 4.48. The molecule has 1 aliphatic rings. The number of fused-ring (bicyclic) bond motifs is 1. The van der Waals surface area contributed by atoms with Gasteiger partial charge in [-0.2, -0.15) is 4.98 Å². The van der Waals surface area contributed by atoms with Crippen molar-refractivity contribution in [3.63, 3.8) is 0 Å². The first-order chi connectivity index (χ1) is 11.0. The second-order valence-electron chi connectivity index (χ2n) is 5.86. The highest BCUT2D eigenvalue weighted by Gasteiger charge is 2.29. The fraction of sp³-hybridized carbons (Fsp3) is 0.438. The van der Waals surface area contributed by atoms with E-state index in [1.54, 1.807) is 13.0 Å². The van der Waals surface area contributed by atoms with Gasteiger partial charge in [0.1, 0.15) is 5.82 Å². The number of halogens is 1. The summed E-state index contributed by atoms with van der Waals surface area (Å²) in [7, 11) is 0. The van der Waals surface area contributed by atoms with E-state index >= 15 is 0 Å². The Morgan fingerprint density at radius 2 is 2.30 bits per heavy atom. The first kappa shape index (κ1) is 15.5. The summed E-state index contributed by atoms with van der Waals surface area (Å²) in [6.45, 7) is 3.92. The van der Waals surface area contributed by atoms with Gasteiger partial charge in [-0.25, -0.2) is 9.18 Å². The minimum absolute atomic E-state index is 0.181. The molecule has 2 aromatic rings. The van der Waals surface area contributed by atoms with Gasteiger partial charge in [-0.15, -0.1) is 0 Å². The van der Waals surface area contributed by atoms with Gasteiger partial charge >= 0.3 is 6.03 Å². The minimum atomic E-state index is -0.332. The van der Waals surface area contributed by atoms with Crippen molar-refractivity contribution in [3.8, 4) is 0 Å². The Bertz CT molecular complexity index is 716. The van der Waals surface area contributed by atoms with Crippen molar-refractivity contribution in [1.29, 1.82) is 0 Å². The van der Waals surface area contributed by atoms with Crippen LogP contribution in [-0.2, 0) is 13.0 Å². The van der Waals surface area contributed by atoms with Crippen LogP contribution in [0.2, 0.25) is 0 Å². The second kappa shape index (κ2) is 6.36. The van der Waals surface area contributed by atoms with Crippen molar-refractivity contribution in [1.82, 2.24) is 20.8 Å². The Morgan fingerprint density at radius 3 is 3.04 bits per heavy atom. The number of aromatic nitrogens is 2. The van der Waals surface area contributed by atoms with E-state index in [2.05, 4.69) is 27.7 Å². The van der Waals surface area contributed by atoms with Crippen molar-refractivity contribution in [3.05, 3.63) is 46.9 Å². The number of carbonyl (C=O) groups excluding carboxylic acids is 1. The SMILES string of the molecule is Cc1nc(CNC(=O)N[C@H]2c3cccc(F)c3CC[C@@H]2C)no1. The highest BCUT2D eigenvalue weighted by molar-refractivity contribution is 5.74. The Kier molecular flexibility index (Phi) is 4.27. The highest BCUT2D eigenvalue weighted by atomic mass is 19.1. The molecule has 2 amide bonds. The third-order valence-electron chi connectivity index (χ3n) is 4.17. The normalized spacial score (nSPS) is 20.0. The van der Waals surface area contributed by atoms with Gasteiger partial charge in [0, 0.05) is 6.92 Å². The number of hydrogen-bond acceptors (Lipinski definition) is 4. The van der Waals surface area contributed by atoms with Gasteiger partial charge in [0.25, 0.3) is 0 Å². The van der Waals surface area contributed by atoms with Crippen molar-refractivity contribution >= 4 is 6.03 Å². The van der Waals surface area contributed by atoms with Gasteiger partial charge in [-0.1, -0.05) is 24.2 Å². The van der Waals surface area contributed by atoms with Crippen LogP contribution >= 0.6 is 0 Å². The molecule has 1 aromatic heterocycles. The maximum atomic E-state index is 13.9. The lowest BCUT2D eigenvalue weighted by Gasteiger charge is -2.32. The standard InChI is InChI=1S/C16H19FN4O2/c1-9-6-7-11-12(4-3-5-13(11)17)15(9)20-16(22)18-8-14-19-10(2)23-21-14/h3-5,9,15H,6-8H2,1-2H3,(H2,18,20,22)/t9-,15+/m0/s1. The zero-order valence-corrected chi connectivity index (χ0v) is 13.1. The van der Waals surface area contributed by atoms with Crippen LogP contribution in [0.15, 0.2) is 22.7 Å². The molecule has 1 heterocycles. The van der Waals surface area contributed by atoms with E-state index in [0.717, 1.165) is 12.0 Å². The average molecular weight is 318 g/mol. The van der Waals surface area contributed by atoms with Gasteiger partial charge in [-0.3, -0.25) is 0 Å². The lowest BCUT2D eigenvalue weighted by Crippen LogP contribution is -2.41. The Labute approximate surface area is 133 Å². The van der Waals surface area contributed by atoms with Crippen LogP contribution in [0.25, 0.3) is 0 Å². The summed E-state index contributed by atoms with van der Waals surface area (Å²) in [5, 5.41) is 9.34. The number of rotatable bonds is 3. The molecular weight excluding hydrogens is 299 g/mol. The summed E-state index contributed by atoms with van der Waals surface area (Å²) >= 11 is 0. The molecule has 6 nitrogen and oxygen atoms in total. The predicted molar refractivity (Wildman–Crippen MR) is 81.0 cm³/mol. The number of nitrogens with one attached hydrogen (secondary N) is 2. The molecule has 7 heteroatoms. The van der Waals surface area contributed by atoms with Gasteiger partial charge in [-0.05, 0) is 36.0 Å². The fourth-order valence-corrected chi connectivity index (χ4v) is 2.96. The summed E-state index contributed by atoms with van der Waals surface area (Å²) in [6.07, 6.45) is 1.54. The lowest BCUT2D eigenvalue weighted by atomic mass is 9.80. The molecular formula is C16H19FN4O2. The lowest BCUT2D eigenvalue weighted by molar-refractivity contribution is 0.228. The first-order valence-corrected chi connectivity index (χ1v) is 7.65. The molecule has 0 saturated heterocycles. The number of amides is 2. The number of nitrogens with zero attached hydrogens (tertiary/aromatic N) is 2.